The zero-order valence-electron chi connectivity index (χ0n) is 12.5. The van der Waals surface area contributed by atoms with Crippen molar-refractivity contribution in [2.45, 2.75) is 31.7 Å². The number of rotatable bonds is 6. The van der Waals surface area contributed by atoms with Crippen molar-refractivity contribution >= 4 is 16.5 Å². The second-order valence-corrected chi connectivity index (χ2v) is 6.86. The van der Waals surface area contributed by atoms with E-state index in [0.29, 0.717) is 0 Å². The number of nitrogens with two attached hydrogens (primary N) is 1. The highest BCUT2D eigenvalue weighted by Gasteiger charge is 2.20. The van der Waals surface area contributed by atoms with Gasteiger partial charge in [0, 0.05) is 31.4 Å². The lowest BCUT2D eigenvalue weighted by Gasteiger charge is -2.29. The highest BCUT2D eigenvalue weighted by molar-refractivity contribution is 7.13. The van der Waals surface area contributed by atoms with Crippen LogP contribution in [0.2, 0.25) is 0 Å². The highest BCUT2D eigenvalue weighted by Crippen LogP contribution is 2.29. The predicted octanol–water partition coefficient (Wildman–Crippen LogP) is 3.62. The molecule has 0 amide bonds. The smallest absolute Gasteiger partial charge is 0.185 e. The molecule has 1 aliphatic rings. The molecule has 1 aromatic heterocycles. The number of anilines is 1. The van der Waals surface area contributed by atoms with E-state index in [4.69, 9.17) is 10.7 Å². The standard InChI is InChI=1S/C17H23N3S/c1-20(11-13-6-5-7-13)17-19-15(12-21-17)10-16(18)14-8-3-2-4-9-14/h2-4,8-9,12-13,16H,5-7,10-11,18H2,1H3. The molecule has 1 heterocycles. The first-order chi connectivity index (χ1) is 10.2. The minimum atomic E-state index is 0.0260. The summed E-state index contributed by atoms with van der Waals surface area (Å²) in [4.78, 5) is 7.05. The third-order valence-corrected chi connectivity index (χ3v) is 5.28. The number of nitrogens with zero attached hydrogens (tertiary/aromatic N) is 2. The lowest BCUT2D eigenvalue weighted by molar-refractivity contribution is 0.321. The highest BCUT2D eigenvalue weighted by atomic mass is 32.1. The summed E-state index contributed by atoms with van der Waals surface area (Å²) in [5.41, 5.74) is 8.55. The molecule has 0 bridgehead atoms. The first-order valence-electron chi connectivity index (χ1n) is 7.68. The van der Waals surface area contributed by atoms with Gasteiger partial charge in [-0.2, -0.15) is 0 Å². The van der Waals surface area contributed by atoms with Crippen LogP contribution in [0.15, 0.2) is 35.7 Å². The van der Waals surface area contributed by atoms with E-state index in [1.807, 2.05) is 18.2 Å². The van der Waals surface area contributed by atoms with Gasteiger partial charge in [-0.1, -0.05) is 36.8 Å². The molecule has 2 aromatic rings. The van der Waals surface area contributed by atoms with E-state index >= 15 is 0 Å². The van der Waals surface area contributed by atoms with Crippen LogP contribution in [-0.2, 0) is 6.42 Å². The van der Waals surface area contributed by atoms with Gasteiger partial charge in [-0.15, -0.1) is 11.3 Å². The summed E-state index contributed by atoms with van der Waals surface area (Å²) >= 11 is 1.73. The quantitative estimate of drug-likeness (QED) is 0.886. The summed E-state index contributed by atoms with van der Waals surface area (Å²) in [5.74, 6) is 0.869. The van der Waals surface area contributed by atoms with Gasteiger partial charge < -0.3 is 10.6 Å². The van der Waals surface area contributed by atoms with Crippen LogP contribution < -0.4 is 10.6 Å². The second kappa shape index (κ2) is 6.58. The van der Waals surface area contributed by atoms with Crippen molar-refractivity contribution < 1.29 is 0 Å². The second-order valence-electron chi connectivity index (χ2n) is 6.02. The fourth-order valence-electron chi connectivity index (χ4n) is 2.75. The molecule has 3 nitrogen and oxygen atoms in total. The predicted molar refractivity (Wildman–Crippen MR) is 89.8 cm³/mol. The average molecular weight is 301 g/mol. The summed E-state index contributed by atoms with van der Waals surface area (Å²) in [6.45, 7) is 1.14. The van der Waals surface area contributed by atoms with Gasteiger partial charge in [0.25, 0.3) is 0 Å². The van der Waals surface area contributed by atoms with Crippen LogP contribution in [0.25, 0.3) is 0 Å². The summed E-state index contributed by atoms with van der Waals surface area (Å²) < 4.78 is 0. The van der Waals surface area contributed by atoms with E-state index in [2.05, 4.69) is 29.5 Å². The zero-order valence-corrected chi connectivity index (χ0v) is 13.4. The van der Waals surface area contributed by atoms with Gasteiger partial charge in [-0.3, -0.25) is 0 Å². The van der Waals surface area contributed by atoms with Crippen LogP contribution in [0.1, 0.15) is 36.6 Å². The van der Waals surface area contributed by atoms with Crippen LogP contribution in [0.4, 0.5) is 5.13 Å². The van der Waals surface area contributed by atoms with Gasteiger partial charge in [0.05, 0.1) is 5.69 Å². The van der Waals surface area contributed by atoms with Crippen molar-refractivity contribution in [1.82, 2.24) is 4.98 Å². The molecule has 0 aliphatic heterocycles. The Kier molecular flexibility index (Phi) is 4.56. The molecule has 0 saturated heterocycles. The number of aromatic nitrogens is 1. The molecule has 21 heavy (non-hydrogen) atoms. The first kappa shape index (κ1) is 14.5. The molecule has 1 atom stereocenters. The van der Waals surface area contributed by atoms with Gasteiger partial charge in [-0.05, 0) is 24.3 Å². The first-order valence-corrected chi connectivity index (χ1v) is 8.56. The summed E-state index contributed by atoms with van der Waals surface area (Å²) in [6.07, 6.45) is 4.95. The molecule has 1 aliphatic carbocycles. The number of hydrogen-bond acceptors (Lipinski definition) is 4. The Morgan fingerprint density at radius 1 is 1.33 bits per heavy atom. The number of benzene rings is 1. The Morgan fingerprint density at radius 3 is 2.76 bits per heavy atom. The Morgan fingerprint density at radius 2 is 2.10 bits per heavy atom. The molecule has 0 radical (unpaired) electrons. The zero-order chi connectivity index (χ0) is 14.7. The SMILES string of the molecule is CN(CC1CCC1)c1nc(CC(N)c2ccccc2)cs1. The Balaban J connectivity index is 1.59. The van der Waals surface area contributed by atoms with Crippen LogP contribution >= 0.6 is 11.3 Å². The third kappa shape index (κ3) is 3.63. The van der Waals surface area contributed by atoms with Crippen LogP contribution in [0, 0.1) is 5.92 Å². The van der Waals surface area contributed by atoms with Gasteiger partial charge in [0.1, 0.15) is 0 Å². The molecule has 1 fully saturated rings. The van der Waals surface area contributed by atoms with Gasteiger partial charge in [-0.25, -0.2) is 4.98 Å². The fourth-order valence-corrected chi connectivity index (χ4v) is 3.56. The van der Waals surface area contributed by atoms with Crippen LogP contribution in [0.3, 0.4) is 0 Å². The maximum atomic E-state index is 6.27. The van der Waals surface area contributed by atoms with Crippen molar-refractivity contribution in [2.75, 3.05) is 18.5 Å². The fraction of sp³-hybridized carbons (Fsp3) is 0.471. The van der Waals surface area contributed by atoms with Crippen molar-refractivity contribution in [3.8, 4) is 0 Å². The van der Waals surface area contributed by atoms with Crippen molar-refractivity contribution in [2.24, 2.45) is 11.7 Å². The van der Waals surface area contributed by atoms with Gasteiger partial charge >= 0.3 is 0 Å². The van der Waals surface area contributed by atoms with Crippen LogP contribution in [-0.4, -0.2) is 18.6 Å². The maximum Gasteiger partial charge on any atom is 0.185 e. The molecule has 1 unspecified atom stereocenters. The third-order valence-electron chi connectivity index (χ3n) is 4.28. The molecule has 1 saturated carbocycles. The molecule has 2 N–H and O–H groups in total. The number of thiazole rings is 1. The average Bonchev–Trinajstić information content (AvgIpc) is 2.92. The van der Waals surface area contributed by atoms with E-state index in [0.717, 1.165) is 29.7 Å². The normalized spacial score (nSPS) is 16.5. The summed E-state index contributed by atoms with van der Waals surface area (Å²) in [6, 6.07) is 10.3. The lowest BCUT2D eigenvalue weighted by atomic mass is 9.85. The monoisotopic (exact) mass is 301 g/mol. The Hall–Kier alpha value is -1.39. The van der Waals surface area contributed by atoms with Crippen molar-refractivity contribution in [3.63, 3.8) is 0 Å². The minimum absolute atomic E-state index is 0.0260. The number of hydrogen-bond donors (Lipinski definition) is 1. The molecule has 3 rings (SSSR count). The van der Waals surface area contributed by atoms with E-state index in [1.165, 1.54) is 24.8 Å². The van der Waals surface area contributed by atoms with Gasteiger partial charge in [0.2, 0.25) is 0 Å². The lowest BCUT2D eigenvalue weighted by Crippen LogP contribution is -2.29. The maximum absolute atomic E-state index is 6.27. The molecule has 112 valence electrons. The molecule has 4 heteroatoms. The Labute approximate surface area is 130 Å². The van der Waals surface area contributed by atoms with E-state index < -0.39 is 0 Å². The topological polar surface area (TPSA) is 42.2 Å². The van der Waals surface area contributed by atoms with Gasteiger partial charge in [0.15, 0.2) is 5.13 Å². The van der Waals surface area contributed by atoms with E-state index in [9.17, 15) is 0 Å². The molecular weight excluding hydrogens is 278 g/mol. The molecule has 0 spiro atoms. The summed E-state index contributed by atoms with van der Waals surface area (Å²) in [5, 5.41) is 3.27. The van der Waals surface area contributed by atoms with Crippen molar-refractivity contribution in [3.05, 3.63) is 47.0 Å². The summed E-state index contributed by atoms with van der Waals surface area (Å²) in [7, 11) is 2.15. The van der Waals surface area contributed by atoms with E-state index in [-0.39, 0.29) is 6.04 Å². The minimum Gasteiger partial charge on any atom is -0.351 e. The largest absolute Gasteiger partial charge is 0.351 e. The Bertz CT molecular complexity index is 562. The molecule has 1 aromatic carbocycles. The van der Waals surface area contributed by atoms with Crippen molar-refractivity contribution in [1.29, 1.82) is 0 Å². The van der Waals surface area contributed by atoms with E-state index in [1.54, 1.807) is 11.3 Å². The van der Waals surface area contributed by atoms with Crippen LogP contribution in [0.5, 0.6) is 0 Å². The molecular formula is C17H23N3S.